The van der Waals surface area contributed by atoms with Crippen LogP contribution in [-0.4, -0.2) is 40.6 Å². The van der Waals surface area contributed by atoms with E-state index in [-0.39, 0.29) is 25.2 Å². The number of ketones is 1. The van der Waals surface area contributed by atoms with Crippen LogP contribution in [0.3, 0.4) is 0 Å². The van der Waals surface area contributed by atoms with Gasteiger partial charge in [-0.15, -0.1) is 0 Å². The topological polar surface area (TPSA) is 89.9 Å². The van der Waals surface area contributed by atoms with Crippen LogP contribution in [0.15, 0.2) is 12.2 Å². The molecule has 3 unspecified atom stereocenters. The van der Waals surface area contributed by atoms with Crippen LogP contribution in [0.25, 0.3) is 0 Å². The smallest absolute Gasteiger partial charge is 0.330 e. The van der Waals surface area contributed by atoms with Gasteiger partial charge in [0, 0.05) is 18.9 Å². The van der Waals surface area contributed by atoms with Gasteiger partial charge >= 0.3 is 11.9 Å². The molecule has 0 aromatic rings. The molecule has 0 heterocycles. The summed E-state index contributed by atoms with van der Waals surface area (Å²) in [4.78, 5) is 36.7. The third-order valence-electron chi connectivity index (χ3n) is 4.75. The molecule has 1 N–H and O–H groups in total. The zero-order chi connectivity index (χ0) is 20.2. The molecule has 1 saturated carbocycles. The Balaban J connectivity index is 3.10. The Morgan fingerprint density at radius 1 is 1.27 bits per heavy atom. The Labute approximate surface area is 155 Å². The fourth-order valence-electron chi connectivity index (χ4n) is 3.84. The van der Waals surface area contributed by atoms with E-state index in [1.165, 1.54) is 13.0 Å². The number of aliphatic hydroxyl groups is 1. The van der Waals surface area contributed by atoms with E-state index in [2.05, 4.69) is 0 Å². The SMILES string of the molecule is CCOC(=O)C1C(C)(O)CC(=O)CC1(CC)C/C=C\C(=O)OC(C)(C)C. The summed E-state index contributed by atoms with van der Waals surface area (Å²) in [5, 5.41) is 10.8. The van der Waals surface area contributed by atoms with Crippen molar-refractivity contribution in [1.29, 1.82) is 0 Å². The Morgan fingerprint density at radius 2 is 1.88 bits per heavy atom. The second kappa shape index (κ2) is 8.33. The summed E-state index contributed by atoms with van der Waals surface area (Å²) in [6.45, 7) is 10.6. The predicted molar refractivity (Wildman–Crippen MR) is 97.3 cm³/mol. The average molecular weight is 368 g/mol. The minimum absolute atomic E-state index is 0.0754. The van der Waals surface area contributed by atoms with Crippen LogP contribution in [0.5, 0.6) is 0 Å². The van der Waals surface area contributed by atoms with E-state index in [1.54, 1.807) is 33.8 Å². The molecule has 1 aliphatic carbocycles. The second-order valence-electron chi connectivity index (χ2n) is 8.29. The molecule has 1 rings (SSSR count). The largest absolute Gasteiger partial charge is 0.466 e. The number of carbonyl (C=O) groups is 3. The summed E-state index contributed by atoms with van der Waals surface area (Å²) in [6, 6.07) is 0. The quantitative estimate of drug-likeness (QED) is 0.573. The van der Waals surface area contributed by atoms with Crippen LogP contribution in [0, 0.1) is 11.3 Å². The first-order chi connectivity index (χ1) is 11.9. The Bertz CT molecular complexity index is 569. The van der Waals surface area contributed by atoms with Crippen molar-refractivity contribution in [2.45, 2.75) is 78.4 Å². The van der Waals surface area contributed by atoms with Crippen LogP contribution < -0.4 is 0 Å². The van der Waals surface area contributed by atoms with E-state index in [1.807, 2.05) is 6.92 Å². The maximum Gasteiger partial charge on any atom is 0.330 e. The minimum atomic E-state index is -1.47. The number of rotatable bonds is 6. The van der Waals surface area contributed by atoms with Crippen molar-refractivity contribution in [1.82, 2.24) is 0 Å². The second-order valence-corrected chi connectivity index (χ2v) is 8.29. The van der Waals surface area contributed by atoms with Crippen LogP contribution in [0.2, 0.25) is 0 Å². The standard InChI is InChI=1S/C20H32O6/c1-7-20(11-9-10-15(22)26-18(3,4)5)13-14(21)12-19(6,24)16(20)17(23)25-8-2/h9-10,16,24H,7-8,11-13H2,1-6H3/b10-9-. The number of hydrogen-bond acceptors (Lipinski definition) is 6. The first-order valence-corrected chi connectivity index (χ1v) is 9.17. The normalized spacial score (nSPS) is 29.7. The molecule has 0 aromatic carbocycles. The van der Waals surface area contributed by atoms with Gasteiger partial charge in [-0.05, 0) is 52.9 Å². The third-order valence-corrected chi connectivity index (χ3v) is 4.75. The van der Waals surface area contributed by atoms with E-state index in [9.17, 15) is 19.5 Å². The van der Waals surface area contributed by atoms with Crippen LogP contribution in [-0.2, 0) is 23.9 Å². The third kappa shape index (κ3) is 5.66. The molecular formula is C20H32O6. The molecule has 26 heavy (non-hydrogen) atoms. The molecule has 3 atom stereocenters. The fraction of sp³-hybridized carbons (Fsp3) is 0.750. The van der Waals surface area contributed by atoms with Crippen molar-refractivity contribution < 1.29 is 29.0 Å². The molecule has 0 aliphatic heterocycles. The average Bonchev–Trinajstić information content (AvgIpc) is 2.43. The zero-order valence-corrected chi connectivity index (χ0v) is 16.8. The summed E-state index contributed by atoms with van der Waals surface area (Å²) >= 11 is 0. The molecule has 1 fully saturated rings. The molecule has 0 amide bonds. The lowest BCUT2D eigenvalue weighted by Crippen LogP contribution is -2.56. The Morgan fingerprint density at radius 3 is 2.38 bits per heavy atom. The highest BCUT2D eigenvalue weighted by Gasteiger charge is 2.56. The van der Waals surface area contributed by atoms with Gasteiger partial charge in [-0.3, -0.25) is 9.59 Å². The minimum Gasteiger partial charge on any atom is -0.466 e. The van der Waals surface area contributed by atoms with Crippen molar-refractivity contribution in [3.05, 3.63) is 12.2 Å². The number of allylic oxidation sites excluding steroid dienone is 1. The summed E-state index contributed by atoms with van der Waals surface area (Å²) in [6.07, 6.45) is 3.83. The monoisotopic (exact) mass is 368 g/mol. The van der Waals surface area contributed by atoms with E-state index < -0.39 is 34.5 Å². The molecule has 0 bridgehead atoms. The summed E-state index contributed by atoms with van der Waals surface area (Å²) in [5.41, 5.74) is -2.86. The summed E-state index contributed by atoms with van der Waals surface area (Å²) < 4.78 is 10.4. The van der Waals surface area contributed by atoms with Gasteiger partial charge in [0.2, 0.25) is 0 Å². The summed E-state index contributed by atoms with van der Waals surface area (Å²) in [7, 11) is 0. The van der Waals surface area contributed by atoms with Crippen molar-refractivity contribution in [3.63, 3.8) is 0 Å². The number of carbonyl (C=O) groups excluding carboxylic acids is 3. The molecule has 0 radical (unpaired) electrons. The van der Waals surface area contributed by atoms with E-state index in [4.69, 9.17) is 9.47 Å². The Hall–Kier alpha value is -1.69. The highest BCUT2D eigenvalue weighted by atomic mass is 16.6. The molecule has 0 spiro atoms. The van der Waals surface area contributed by atoms with E-state index in [0.717, 1.165) is 0 Å². The molecule has 6 heteroatoms. The molecule has 1 aliphatic rings. The first kappa shape index (κ1) is 22.4. The van der Waals surface area contributed by atoms with Gasteiger partial charge in [0.05, 0.1) is 18.1 Å². The lowest BCUT2D eigenvalue weighted by atomic mass is 9.57. The molecule has 148 valence electrons. The maximum atomic E-state index is 12.6. The maximum absolute atomic E-state index is 12.6. The Kier molecular flexibility index (Phi) is 7.17. The van der Waals surface area contributed by atoms with Crippen molar-refractivity contribution in [2.24, 2.45) is 11.3 Å². The summed E-state index contributed by atoms with van der Waals surface area (Å²) in [5.74, 6) is -1.91. The molecule has 0 aromatic heterocycles. The number of esters is 2. The van der Waals surface area contributed by atoms with Gasteiger partial charge in [-0.2, -0.15) is 0 Å². The van der Waals surface area contributed by atoms with Crippen LogP contribution >= 0.6 is 0 Å². The van der Waals surface area contributed by atoms with Crippen molar-refractivity contribution >= 4 is 17.7 Å². The lowest BCUT2D eigenvalue weighted by Gasteiger charge is -2.48. The van der Waals surface area contributed by atoms with Crippen molar-refractivity contribution in [2.75, 3.05) is 6.61 Å². The first-order valence-electron chi connectivity index (χ1n) is 9.17. The zero-order valence-electron chi connectivity index (χ0n) is 16.8. The van der Waals surface area contributed by atoms with Gasteiger partial charge in [0.15, 0.2) is 0 Å². The van der Waals surface area contributed by atoms with Crippen molar-refractivity contribution in [3.8, 4) is 0 Å². The predicted octanol–water partition coefficient (Wildman–Crippen LogP) is 2.96. The van der Waals surface area contributed by atoms with Gasteiger partial charge in [-0.1, -0.05) is 13.0 Å². The van der Waals surface area contributed by atoms with Gasteiger partial charge in [0.1, 0.15) is 11.4 Å². The highest BCUT2D eigenvalue weighted by Crippen LogP contribution is 2.50. The van der Waals surface area contributed by atoms with E-state index in [0.29, 0.717) is 12.8 Å². The molecule has 6 nitrogen and oxygen atoms in total. The van der Waals surface area contributed by atoms with Gasteiger partial charge < -0.3 is 14.6 Å². The highest BCUT2D eigenvalue weighted by molar-refractivity contribution is 5.86. The van der Waals surface area contributed by atoms with Gasteiger partial charge in [-0.25, -0.2) is 4.79 Å². The van der Waals surface area contributed by atoms with Crippen LogP contribution in [0.4, 0.5) is 0 Å². The van der Waals surface area contributed by atoms with E-state index >= 15 is 0 Å². The number of ether oxygens (including phenoxy) is 2. The lowest BCUT2D eigenvalue weighted by molar-refractivity contribution is -0.177. The molecule has 0 saturated heterocycles. The molecular weight excluding hydrogens is 336 g/mol. The fourth-order valence-corrected chi connectivity index (χ4v) is 3.84. The van der Waals surface area contributed by atoms with Crippen LogP contribution in [0.1, 0.15) is 67.2 Å². The number of hydrogen-bond donors (Lipinski definition) is 1. The number of Topliss-reactive ketones (excluding diaryl/α,β-unsaturated/α-hetero) is 1. The van der Waals surface area contributed by atoms with Gasteiger partial charge in [0.25, 0.3) is 0 Å².